The number of carboxylic acids is 1. The average molecular weight is 254 g/mol. The summed E-state index contributed by atoms with van der Waals surface area (Å²) >= 11 is 0. The molecule has 0 aliphatic rings. The van der Waals surface area contributed by atoms with Crippen molar-refractivity contribution in [2.45, 2.75) is 52.6 Å². The maximum Gasteiger partial charge on any atom is 0.358 e. The highest BCUT2D eigenvalue weighted by molar-refractivity contribution is 5.86. The summed E-state index contributed by atoms with van der Waals surface area (Å²) in [5, 5.41) is 16.6. The Hall–Kier alpha value is -1.43. The van der Waals surface area contributed by atoms with Gasteiger partial charge >= 0.3 is 5.97 Å². The van der Waals surface area contributed by atoms with Crippen LogP contribution in [0.5, 0.6) is 0 Å². The van der Waals surface area contributed by atoms with Crippen molar-refractivity contribution in [1.29, 1.82) is 0 Å². The molecule has 1 atom stereocenters. The molecule has 0 radical (unpaired) electrons. The van der Waals surface area contributed by atoms with E-state index in [0.29, 0.717) is 18.2 Å². The van der Waals surface area contributed by atoms with Crippen LogP contribution in [0.2, 0.25) is 0 Å². The van der Waals surface area contributed by atoms with Crippen molar-refractivity contribution < 1.29 is 9.90 Å². The predicted molar refractivity (Wildman–Crippen MR) is 68.2 cm³/mol. The Morgan fingerprint density at radius 1 is 1.50 bits per heavy atom. The van der Waals surface area contributed by atoms with E-state index in [1.54, 1.807) is 4.68 Å². The zero-order valence-corrected chi connectivity index (χ0v) is 11.1. The predicted octanol–water partition coefficient (Wildman–Crippen LogP) is 1.65. The molecule has 0 bridgehead atoms. The largest absolute Gasteiger partial charge is 0.476 e. The third-order valence-corrected chi connectivity index (χ3v) is 3.21. The molecule has 6 nitrogen and oxygen atoms in total. The fraction of sp³-hybridized carbons (Fsp3) is 0.750. The van der Waals surface area contributed by atoms with Crippen LogP contribution in [0.25, 0.3) is 0 Å². The SMILES string of the molecule is CCCCC(CC)Cn1nnc(C(=O)O)c1CN. The van der Waals surface area contributed by atoms with Gasteiger partial charge in [0.25, 0.3) is 0 Å². The van der Waals surface area contributed by atoms with Gasteiger partial charge in [-0.15, -0.1) is 5.10 Å². The number of aromatic carboxylic acids is 1. The second-order valence-corrected chi connectivity index (χ2v) is 4.49. The van der Waals surface area contributed by atoms with E-state index in [4.69, 9.17) is 10.8 Å². The first-order chi connectivity index (χ1) is 8.63. The molecule has 102 valence electrons. The van der Waals surface area contributed by atoms with Gasteiger partial charge < -0.3 is 10.8 Å². The van der Waals surface area contributed by atoms with Gasteiger partial charge in [-0.2, -0.15) is 0 Å². The molecule has 1 rings (SSSR count). The maximum absolute atomic E-state index is 10.9. The molecule has 0 saturated carbocycles. The highest BCUT2D eigenvalue weighted by Crippen LogP contribution is 2.16. The molecule has 1 aromatic heterocycles. The Morgan fingerprint density at radius 3 is 2.72 bits per heavy atom. The van der Waals surface area contributed by atoms with E-state index in [1.165, 1.54) is 6.42 Å². The van der Waals surface area contributed by atoms with Crippen LogP contribution in [0.3, 0.4) is 0 Å². The number of aromatic nitrogens is 3. The molecule has 0 aliphatic carbocycles. The van der Waals surface area contributed by atoms with Crippen LogP contribution in [0.1, 0.15) is 55.7 Å². The summed E-state index contributed by atoms with van der Waals surface area (Å²) in [7, 11) is 0. The average Bonchev–Trinajstić information content (AvgIpc) is 2.77. The van der Waals surface area contributed by atoms with E-state index < -0.39 is 5.97 Å². The minimum absolute atomic E-state index is 0.0251. The third-order valence-electron chi connectivity index (χ3n) is 3.21. The first-order valence-electron chi connectivity index (χ1n) is 6.49. The molecule has 0 aromatic carbocycles. The molecule has 0 amide bonds. The number of unbranched alkanes of at least 4 members (excludes halogenated alkanes) is 1. The molecule has 18 heavy (non-hydrogen) atoms. The number of nitrogens with two attached hydrogens (primary N) is 1. The zero-order chi connectivity index (χ0) is 13.5. The third kappa shape index (κ3) is 3.53. The van der Waals surface area contributed by atoms with Gasteiger partial charge in [-0.3, -0.25) is 0 Å². The molecule has 1 heterocycles. The minimum Gasteiger partial charge on any atom is -0.476 e. The van der Waals surface area contributed by atoms with Crippen molar-refractivity contribution in [1.82, 2.24) is 15.0 Å². The lowest BCUT2D eigenvalue weighted by Crippen LogP contribution is -2.17. The molecule has 0 aliphatic heterocycles. The van der Waals surface area contributed by atoms with Gasteiger partial charge in [0.05, 0.1) is 5.69 Å². The summed E-state index contributed by atoms with van der Waals surface area (Å²) in [6.07, 6.45) is 4.51. The first kappa shape index (κ1) is 14.6. The molecule has 1 unspecified atom stereocenters. The van der Waals surface area contributed by atoms with Crippen molar-refractivity contribution in [3.63, 3.8) is 0 Å². The van der Waals surface area contributed by atoms with Crippen molar-refractivity contribution >= 4 is 5.97 Å². The number of carboxylic acid groups (broad SMARTS) is 1. The number of hydrogen-bond donors (Lipinski definition) is 2. The number of nitrogens with zero attached hydrogens (tertiary/aromatic N) is 3. The van der Waals surface area contributed by atoms with E-state index >= 15 is 0 Å². The van der Waals surface area contributed by atoms with Gasteiger partial charge in [0.15, 0.2) is 5.69 Å². The summed E-state index contributed by atoms with van der Waals surface area (Å²) in [5.41, 5.74) is 6.07. The fourth-order valence-corrected chi connectivity index (χ4v) is 2.01. The smallest absolute Gasteiger partial charge is 0.358 e. The van der Waals surface area contributed by atoms with Crippen molar-refractivity contribution in [2.24, 2.45) is 11.7 Å². The summed E-state index contributed by atoms with van der Waals surface area (Å²) in [5.74, 6) is -0.568. The lowest BCUT2D eigenvalue weighted by atomic mass is 9.99. The molecule has 1 aromatic rings. The topological polar surface area (TPSA) is 94.0 Å². The molecular weight excluding hydrogens is 232 g/mol. The maximum atomic E-state index is 10.9. The van der Waals surface area contributed by atoms with Crippen molar-refractivity contribution in [3.05, 3.63) is 11.4 Å². The Bertz CT molecular complexity index is 389. The Balaban J connectivity index is 2.79. The van der Waals surface area contributed by atoms with Crippen LogP contribution in [0, 0.1) is 5.92 Å². The number of carbonyl (C=O) groups is 1. The Morgan fingerprint density at radius 2 is 2.22 bits per heavy atom. The fourth-order valence-electron chi connectivity index (χ4n) is 2.01. The van der Waals surface area contributed by atoms with Crippen LogP contribution in [0.4, 0.5) is 0 Å². The Kier molecular flexibility index (Phi) is 5.77. The summed E-state index contributed by atoms with van der Waals surface area (Å²) < 4.78 is 1.65. The first-order valence-corrected chi connectivity index (χ1v) is 6.49. The summed E-state index contributed by atoms with van der Waals surface area (Å²) in [6.45, 7) is 5.15. The number of rotatable bonds is 8. The minimum atomic E-state index is -1.07. The van der Waals surface area contributed by atoms with Crippen LogP contribution >= 0.6 is 0 Å². The van der Waals surface area contributed by atoms with Crippen molar-refractivity contribution in [2.75, 3.05) is 0 Å². The summed E-state index contributed by atoms with van der Waals surface area (Å²) in [6, 6.07) is 0. The highest BCUT2D eigenvalue weighted by atomic mass is 16.4. The Labute approximate surface area is 107 Å². The number of hydrogen-bond acceptors (Lipinski definition) is 4. The van der Waals surface area contributed by atoms with Gasteiger partial charge in [-0.25, -0.2) is 9.48 Å². The lowest BCUT2D eigenvalue weighted by Gasteiger charge is -2.15. The van der Waals surface area contributed by atoms with E-state index in [1.807, 2.05) is 0 Å². The quantitative estimate of drug-likeness (QED) is 0.735. The lowest BCUT2D eigenvalue weighted by molar-refractivity contribution is 0.0689. The second kappa shape index (κ2) is 7.10. The van der Waals surface area contributed by atoms with E-state index in [-0.39, 0.29) is 12.2 Å². The van der Waals surface area contributed by atoms with Crippen LogP contribution < -0.4 is 5.73 Å². The standard InChI is InChI=1S/C12H22N4O2/c1-3-5-6-9(4-2)8-16-10(7-13)11(12(17)18)14-15-16/h9H,3-8,13H2,1-2H3,(H,17,18). The summed E-state index contributed by atoms with van der Waals surface area (Å²) in [4.78, 5) is 10.9. The van der Waals surface area contributed by atoms with E-state index in [0.717, 1.165) is 19.3 Å². The van der Waals surface area contributed by atoms with Gasteiger partial charge in [-0.05, 0) is 12.3 Å². The van der Waals surface area contributed by atoms with E-state index in [2.05, 4.69) is 24.2 Å². The van der Waals surface area contributed by atoms with Crippen molar-refractivity contribution in [3.8, 4) is 0 Å². The van der Waals surface area contributed by atoms with Crippen LogP contribution in [-0.2, 0) is 13.1 Å². The highest BCUT2D eigenvalue weighted by Gasteiger charge is 2.19. The molecular formula is C12H22N4O2. The van der Waals surface area contributed by atoms with Crippen LogP contribution in [-0.4, -0.2) is 26.1 Å². The molecule has 0 saturated heterocycles. The molecule has 0 fully saturated rings. The van der Waals surface area contributed by atoms with Gasteiger partial charge in [0, 0.05) is 13.1 Å². The zero-order valence-electron chi connectivity index (χ0n) is 11.1. The normalized spacial score (nSPS) is 12.6. The van der Waals surface area contributed by atoms with Gasteiger partial charge in [0.1, 0.15) is 0 Å². The second-order valence-electron chi connectivity index (χ2n) is 4.49. The molecule has 3 N–H and O–H groups in total. The van der Waals surface area contributed by atoms with Gasteiger partial charge in [0.2, 0.25) is 0 Å². The van der Waals surface area contributed by atoms with Crippen LogP contribution in [0.15, 0.2) is 0 Å². The molecule has 6 heteroatoms. The molecule has 0 spiro atoms. The van der Waals surface area contributed by atoms with Gasteiger partial charge in [-0.1, -0.05) is 38.3 Å². The van der Waals surface area contributed by atoms with E-state index in [9.17, 15) is 4.79 Å². The monoisotopic (exact) mass is 254 g/mol.